The fourth-order valence-electron chi connectivity index (χ4n) is 2.44. The molecule has 2 aromatic carbocycles. The van der Waals surface area contributed by atoms with E-state index in [-0.39, 0.29) is 16.9 Å². The second-order valence-corrected chi connectivity index (χ2v) is 6.94. The van der Waals surface area contributed by atoms with Crippen LogP contribution in [0.3, 0.4) is 0 Å². The van der Waals surface area contributed by atoms with Gasteiger partial charge in [0.2, 0.25) is 17.4 Å². The van der Waals surface area contributed by atoms with Gasteiger partial charge in [-0.2, -0.15) is 8.42 Å². The Labute approximate surface area is 161 Å². The molecule has 1 unspecified atom stereocenters. The zero-order valence-electron chi connectivity index (χ0n) is 17.6. The van der Waals surface area contributed by atoms with Crippen LogP contribution >= 0.6 is 0 Å². The number of hydrogen-bond donors (Lipinski definition) is 1. The largest absolute Gasteiger partial charge is 0.496 e. The Morgan fingerprint density at radius 3 is 2.63 bits per heavy atom. The van der Waals surface area contributed by atoms with Crippen LogP contribution in [0.5, 0.6) is 5.75 Å². The molecule has 1 heterocycles. The Kier molecular flexibility index (Phi) is 4.09. The lowest BCUT2D eigenvalue weighted by molar-refractivity contribution is -0.123. The van der Waals surface area contributed by atoms with E-state index in [0.29, 0.717) is 0 Å². The number of hydrogen-bond acceptors (Lipinski definition) is 7. The summed E-state index contributed by atoms with van der Waals surface area (Å²) in [5.74, 6) is -2.75. The zero-order valence-corrected chi connectivity index (χ0v) is 15.4. The summed E-state index contributed by atoms with van der Waals surface area (Å²) < 4.78 is 64.9. The first-order chi connectivity index (χ1) is 13.9. The van der Waals surface area contributed by atoms with Crippen LogP contribution in [0, 0.1) is 6.92 Å². The van der Waals surface area contributed by atoms with Crippen LogP contribution in [-0.4, -0.2) is 21.3 Å². The Morgan fingerprint density at radius 1 is 1.26 bits per heavy atom. The van der Waals surface area contributed by atoms with Crippen molar-refractivity contribution in [3.63, 3.8) is 0 Å². The maximum atomic E-state index is 12.9. The molecule has 0 amide bonds. The highest BCUT2D eigenvalue weighted by atomic mass is 32.2. The normalized spacial score (nSPS) is 21.9. The van der Waals surface area contributed by atoms with Crippen LogP contribution in [0.25, 0.3) is 0 Å². The van der Waals surface area contributed by atoms with Crippen molar-refractivity contribution in [2.45, 2.75) is 18.7 Å². The molecule has 0 bridgehead atoms. The lowest BCUT2D eigenvalue weighted by Crippen LogP contribution is -2.16. The lowest BCUT2D eigenvalue weighted by Gasteiger charge is -2.14. The highest BCUT2D eigenvalue weighted by Gasteiger charge is 2.40. The molecule has 0 radical (unpaired) electrons. The molecule has 0 spiro atoms. The van der Waals surface area contributed by atoms with E-state index < -0.39 is 39.3 Å². The molecule has 27 heavy (non-hydrogen) atoms. The van der Waals surface area contributed by atoms with Crippen molar-refractivity contribution in [1.29, 1.82) is 0 Å². The monoisotopic (exact) mass is 392 g/mol. The number of methoxy groups -OCH3 is 1. The van der Waals surface area contributed by atoms with Crippen molar-refractivity contribution < 1.29 is 31.0 Å². The minimum absolute atomic E-state index is 0.00869. The summed E-state index contributed by atoms with van der Waals surface area (Å²) in [4.78, 5) is 12.9. The molecule has 0 aliphatic carbocycles. The second-order valence-electron chi connectivity index (χ2n) is 5.66. The highest BCUT2D eigenvalue weighted by molar-refractivity contribution is 7.86. The van der Waals surface area contributed by atoms with Crippen molar-refractivity contribution in [2.24, 2.45) is 5.73 Å². The second kappa shape index (κ2) is 7.32. The number of carbonyl (C=O) groups is 1. The minimum atomic E-state index is -5.04. The van der Waals surface area contributed by atoms with Gasteiger partial charge in [-0.3, -0.25) is 4.79 Å². The molecule has 7 nitrogen and oxygen atoms in total. The van der Waals surface area contributed by atoms with E-state index in [2.05, 4.69) is 0 Å². The van der Waals surface area contributed by atoms with E-state index in [9.17, 15) is 13.2 Å². The summed E-state index contributed by atoms with van der Waals surface area (Å²) in [6.45, 7) is 1.78. The van der Waals surface area contributed by atoms with Crippen LogP contribution in [0.1, 0.15) is 26.9 Å². The molecule has 2 aromatic rings. The number of rotatable bonds is 6. The summed E-state index contributed by atoms with van der Waals surface area (Å²) in [5.41, 5.74) is 3.25. The molecule has 1 atom stereocenters. The first-order valence-corrected chi connectivity index (χ1v) is 9.23. The van der Waals surface area contributed by atoms with Crippen molar-refractivity contribution in [2.75, 3.05) is 7.11 Å². The average molecular weight is 392 g/mol. The number of carbonyl (C=O) groups excluding carboxylic acids is 1. The number of benzene rings is 2. The molecule has 0 saturated heterocycles. The maximum Gasteiger partial charge on any atom is 0.313 e. The van der Waals surface area contributed by atoms with Gasteiger partial charge >= 0.3 is 10.1 Å². The van der Waals surface area contributed by atoms with Crippen molar-refractivity contribution in [3.05, 3.63) is 76.9 Å². The van der Waals surface area contributed by atoms with Gasteiger partial charge in [0.05, 0.1) is 11.2 Å². The van der Waals surface area contributed by atoms with Crippen molar-refractivity contribution in [1.82, 2.24) is 0 Å². The van der Waals surface area contributed by atoms with Crippen LogP contribution in [0.4, 0.5) is 0 Å². The fourth-order valence-corrected chi connectivity index (χ4v) is 3.28. The Hall–Kier alpha value is -3.00. The molecule has 3 rings (SSSR count). The molecule has 0 aromatic heterocycles. The third-order valence-corrected chi connectivity index (χ3v) is 4.53. The Morgan fingerprint density at radius 2 is 1.96 bits per heavy atom. The summed E-state index contributed by atoms with van der Waals surface area (Å²) in [6, 6.07) is 11.6. The molecule has 2 N–H and O–H groups in total. The van der Waals surface area contributed by atoms with E-state index in [1.165, 1.54) is 37.4 Å². The molecule has 0 saturated carbocycles. The number of nitrogens with two attached hydrogens (primary N) is 1. The number of ketones is 1. The summed E-state index contributed by atoms with van der Waals surface area (Å²) in [7, 11) is -3.70. The molecule has 1 aliphatic heterocycles. The maximum absolute atomic E-state index is 12.9. The Balaban J connectivity index is 1.97. The van der Waals surface area contributed by atoms with Gasteiger partial charge in [0.15, 0.2) is 6.08 Å². The van der Waals surface area contributed by atoms with E-state index in [4.69, 9.17) is 23.5 Å². The summed E-state index contributed by atoms with van der Waals surface area (Å²) >= 11 is 0. The zero-order chi connectivity index (χ0) is 22.3. The third kappa shape index (κ3) is 4.06. The fraction of sp³-hybridized carbons (Fsp3) is 0.211. The van der Waals surface area contributed by atoms with Crippen molar-refractivity contribution in [3.8, 4) is 5.75 Å². The molecule has 0 fully saturated rings. The van der Waals surface area contributed by atoms with E-state index in [0.717, 1.165) is 5.56 Å². The number of ether oxygens (including phenoxy) is 2. The third-order valence-electron chi connectivity index (χ3n) is 3.66. The van der Waals surface area contributed by atoms with E-state index >= 15 is 0 Å². The SMILES string of the molecule is [2H]C1(c2ccc(C)cc2OC)OC(N)=C(OS(=O)(=O)C([2H])([2H])c2ccccc2)C1=O. The predicted octanol–water partition coefficient (Wildman–Crippen LogP) is 2.32. The summed E-state index contributed by atoms with van der Waals surface area (Å²) in [6.07, 6.45) is -2.45. The summed E-state index contributed by atoms with van der Waals surface area (Å²) in [5, 5.41) is 0. The van der Waals surface area contributed by atoms with Crippen LogP contribution in [0.2, 0.25) is 0 Å². The first-order valence-electron chi connectivity index (χ1n) is 9.32. The average Bonchev–Trinajstić information content (AvgIpc) is 2.91. The highest BCUT2D eigenvalue weighted by Crippen LogP contribution is 2.37. The topological polar surface area (TPSA) is 105 Å². The van der Waals surface area contributed by atoms with Gasteiger partial charge in [-0.15, -0.1) is 0 Å². The van der Waals surface area contributed by atoms with Crippen molar-refractivity contribution >= 4 is 15.9 Å². The van der Waals surface area contributed by atoms with Gasteiger partial charge in [-0.05, 0) is 24.1 Å². The smallest absolute Gasteiger partial charge is 0.313 e. The van der Waals surface area contributed by atoms with Crippen LogP contribution in [0.15, 0.2) is 60.2 Å². The lowest BCUT2D eigenvalue weighted by atomic mass is 10.0. The van der Waals surface area contributed by atoms with Gasteiger partial charge in [-0.1, -0.05) is 42.5 Å². The number of aryl methyl sites for hydroxylation is 1. The molecular formula is C19H19NO6S. The minimum Gasteiger partial charge on any atom is -0.496 e. The van der Waals surface area contributed by atoms with E-state index in [1.54, 1.807) is 25.1 Å². The van der Waals surface area contributed by atoms with Crippen LogP contribution < -0.4 is 10.5 Å². The van der Waals surface area contributed by atoms with Gasteiger partial charge < -0.3 is 19.4 Å². The first kappa shape index (κ1) is 15.1. The Bertz CT molecular complexity index is 1130. The van der Waals surface area contributed by atoms with Crippen LogP contribution in [-0.2, 0) is 29.5 Å². The van der Waals surface area contributed by atoms with Gasteiger partial charge in [-0.25, -0.2) is 0 Å². The molecule has 8 heteroatoms. The molecule has 1 aliphatic rings. The van der Waals surface area contributed by atoms with Gasteiger partial charge in [0.25, 0.3) is 0 Å². The van der Waals surface area contributed by atoms with Gasteiger partial charge in [0, 0.05) is 5.56 Å². The van der Waals surface area contributed by atoms with E-state index in [1.807, 2.05) is 0 Å². The van der Waals surface area contributed by atoms with Gasteiger partial charge in [0.1, 0.15) is 11.5 Å². The number of Topliss-reactive ketones (excluding diaryl/α,β-unsaturated/α-hetero) is 1. The molecule has 142 valence electrons. The molecular weight excluding hydrogens is 370 g/mol. The predicted molar refractivity (Wildman–Crippen MR) is 97.9 cm³/mol. The quantitative estimate of drug-likeness (QED) is 0.752. The standard InChI is InChI=1S/C19H19NO6S/c1-12-8-9-14(15(10-12)24-2)17-16(21)18(19(20)25-17)26-27(22,23)11-13-6-4-3-5-7-13/h3-10,17H,11,20H2,1-2H3/i11D2,17D.